The fourth-order valence-electron chi connectivity index (χ4n) is 1.72. The van der Waals surface area contributed by atoms with Gasteiger partial charge in [-0.25, -0.2) is 0 Å². The van der Waals surface area contributed by atoms with Gasteiger partial charge in [0.25, 0.3) is 0 Å². The Balaban J connectivity index is 2.37. The molecule has 0 saturated carbocycles. The van der Waals surface area contributed by atoms with E-state index in [0.29, 0.717) is 5.75 Å². The van der Waals surface area contributed by atoms with Crippen LogP contribution in [0.3, 0.4) is 0 Å². The molecule has 2 aromatic rings. The summed E-state index contributed by atoms with van der Waals surface area (Å²) >= 11 is 0. The maximum atomic E-state index is 12.2. The van der Waals surface area contributed by atoms with E-state index in [1.807, 2.05) is 19.9 Å². The summed E-state index contributed by atoms with van der Waals surface area (Å²) < 4.78 is 34.7. The number of aryl methyl sites for hydroxylation is 2. The molecule has 0 radical (unpaired) electrons. The third-order valence-electron chi connectivity index (χ3n) is 2.83. The summed E-state index contributed by atoms with van der Waals surface area (Å²) in [6.45, 7) is 3.74. The summed E-state index contributed by atoms with van der Waals surface area (Å²) in [5.41, 5.74) is 1.87. The van der Waals surface area contributed by atoms with Gasteiger partial charge in [-0.15, -0.1) is 0 Å². The topological polar surface area (TPSA) is 52.6 Å². The van der Waals surface area contributed by atoms with Gasteiger partial charge in [-0.2, -0.15) is 8.42 Å². The van der Waals surface area contributed by atoms with Gasteiger partial charge in [0.1, 0.15) is 4.90 Å². The van der Waals surface area contributed by atoms with Gasteiger partial charge in [0.15, 0.2) is 11.5 Å². The first-order valence-electron chi connectivity index (χ1n) is 6.08. The zero-order chi connectivity index (χ0) is 14.8. The molecule has 0 aliphatic rings. The lowest BCUT2D eigenvalue weighted by molar-refractivity contribution is 0.390. The van der Waals surface area contributed by atoms with Gasteiger partial charge < -0.3 is 8.92 Å². The van der Waals surface area contributed by atoms with Crippen molar-refractivity contribution in [3.8, 4) is 11.5 Å². The van der Waals surface area contributed by atoms with Crippen molar-refractivity contribution in [2.45, 2.75) is 18.7 Å². The predicted molar refractivity (Wildman–Crippen MR) is 76.7 cm³/mol. The van der Waals surface area contributed by atoms with Crippen LogP contribution in [0.25, 0.3) is 0 Å². The second kappa shape index (κ2) is 5.54. The van der Waals surface area contributed by atoms with Gasteiger partial charge in [-0.3, -0.25) is 0 Å². The van der Waals surface area contributed by atoms with Crippen LogP contribution in [0.4, 0.5) is 0 Å². The van der Waals surface area contributed by atoms with Gasteiger partial charge in [0.2, 0.25) is 0 Å². The van der Waals surface area contributed by atoms with Gasteiger partial charge in [0, 0.05) is 0 Å². The van der Waals surface area contributed by atoms with E-state index in [0.717, 1.165) is 11.1 Å². The standard InChI is InChI=1S/C15H16O4S/c1-11-4-7-13(8-5-11)20(16,17)19-15-10-12(2)6-9-14(15)18-3/h4-10H,1-3H3. The fraction of sp³-hybridized carbons (Fsp3) is 0.200. The molecular formula is C15H16O4S. The SMILES string of the molecule is COc1ccc(C)cc1OS(=O)(=O)c1ccc(C)cc1. The van der Waals surface area contributed by atoms with E-state index < -0.39 is 10.1 Å². The van der Waals surface area contributed by atoms with Crippen molar-refractivity contribution in [3.05, 3.63) is 53.6 Å². The summed E-state index contributed by atoms with van der Waals surface area (Å²) in [6.07, 6.45) is 0. The van der Waals surface area contributed by atoms with E-state index in [1.54, 1.807) is 24.3 Å². The monoisotopic (exact) mass is 292 g/mol. The molecule has 0 amide bonds. The number of methoxy groups -OCH3 is 1. The van der Waals surface area contributed by atoms with E-state index in [2.05, 4.69) is 0 Å². The van der Waals surface area contributed by atoms with Crippen LogP contribution in [0.5, 0.6) is 11.5 Å². The molecule has 0 heterocycles. The summed E-state index contributed by atoms with van der Waals surface area (Å²) in [7, 11) is -2.39. The summed E-state index contributed by atoms with van der Waals surface area (Å²) in [4.78, 5) is 0.117. The van der Waals surface area contributed by atoms with E-state index in [9.17, 15) is 8.42 Å². The van der Waals surface area contributed by atoms with Crippen LogP contribution in [0.2, 0.25) is 0 Å². The van der Waals surface area contributed by atoms with Gasteiger partial charge >= 0.3 is 10.1 Å². The first-order valence-corrected chi connectivity index (χ1v) is 7.49. The molecule has 0 bridgehead atoms. The van der Waals surface area contributed by atoms with Gasteiger partial charge in [-0.05, 0) is 43.7 Å². The minimum absolute atomic E-state index is 0.117. The highest BCUT2D eigenvalue weighted by molar-refractivity contribution is 7.87. The second-order valence-corrected chi connectivity index (χ2v) is 6.05. The summed E-state index contributed by atoms with van der Waals surface area (Å²) in [5.74, 6) is 0.569. The number of hydrogen-bond acceptors (Lipinski definition) is 4. The number of hydrogen-bond donors (Lipinski definition) is 0. The molecule has 0 aliphatic heterocycles. The molecule has 0 N–H and O–H groups in total. The van der Waals surface area contributed by atoms with Crippen molar-refractivity contribution < 1.29 is 17.3 Å². The van der Waals surface area contributed by atoms with Crippen molar-refractivity contribution >= 4 is 10.1 Å². The molecule has 0 aliphatic carbocycles. The molecule has 0 aromatic heterocycles. The normalized spacial score (nSPS) is 11.2. The van der Waals surface area contributed by atoms with Crippen LogP contribution in [-0.2, 0) is 10.1 Å². The van der Waals surface area contributed by atoms with E-state index in [-0.39, 0.29) is 10.6 Å². The molecule has 0 spiro atoms. The highest BCUT2D eigenvalue weighted by Gasteiger charge is 2.18. The Morgan fingerprint density at radius 3 is 2.05 bits per heavy atom. The van der Waals surface area contributed by atoms with Crippen LogP contribution < -0.4 is 8.92 Å². The van der Waals surface area contributed by atoms with E-state index >= 15 is 0 Å². The number of ether oxygens (including phenoxy) is 1. The average molecular weight is 292 g/mol. The van der Waals surface area contributed by atoms with E-state index in [4.69, 9.17) is 8.92 Å². The molecule has 2 rings (SSSR count). The first-order chi connectivity index (χ1) is 9.42. The largest absolute Gasteiger partial charge is 0.493 e. The molecule has 4 nitrogen and oxygen atoms in total. The lowest BCUT2D eigenvalue weighted by Crippen LogP contribution is -2.10. The molecule has 20 heavy (non-hydrogen) atoms. The molecule has 0 fully saturated rings. The Morgan fingerprint density at radius 1 is 0.850 bits per heavy atom. The molecular weight excluding hydrogens is 276 g/mol. The van der Waals surface area contributed by atoms with Crippen molar-refractivity contribution in [3.63, 3.8) is 0 Å². The van der Waals surface area contributed by atoms with E-state index in [1.165, 1.54) is 19.2 Å². The summed E-state index contributed by atoms with van der Waals surface area (Å²) in [5, 5.41) is 0. The molecule has 0 atom stereocenters. The van der Waals surface area contributed by atoms with Crippen molar-refractivity contribution in [2.24, 2.45) is 0 Å². The van der Waals surface area contributed by atoms with Crippen molar-refractivity contribution in [1.29, 1.82) is 0 Å². The molecule has 0 unspecified atom stereocenters. The maximum absolute atomic E-state index is 12.2. The van der Waals surface area contributed by atoms with Crippen molar-refractivity contribution in [1.82, 2.24) is 0 Å². The van der Waals surface area contributed by atoms with Crippen LogP contribution in [0.15, 0.2) is 47.4 Å². The predicted octanol–water partition coefficient (Wildman–Crippen LogP) is 3.08. The highest BCUT2D eigenvalue weighted by atomic mass is 32.2. The van der Waals surface area contributed by atoms with Crippen molar-refractivity contribution in [2.75, 3.05) is 7.11 Å². The minimum atomic E-state index is -3.86. The maximum Gasteiger partial charge on any atom is 0.339 e. The minimum Gasteiger partial charge on any atom is -0.493 e. The lowest BCUT2D eigenvalue weighted by atomic mass is 10.2. The highest BCUT2D eigenvalue weighted by Crippen LogP contribution is 2.30. The average Bonchev–Trinajstić information content (AvgIpc) is 2.39. The molecule has 2 aromatic carbocycles. The lowest BCUT2D eigenvalue weighted by Gasteiger charge is -2.11. The fourth-order valence-corrected chi connectivity index (χ4v) is 2.65. The Hall–Kier alpha value is -2.01. The first kappa shape index (κ1) is 14.4. The summed E-state index contributed by atoms with van der Waals surface area (Å²) in [6, 6.07) is 11.6. The molecule has 0 saturated heterocycles. The zero-order valence-corrected chi connectivity index (χ0v) is 12.4. The Morgan fingerprint density at radius 2 is 1.45 bits per heavy atom. The number of benzene rings is 2. The van der Waals surface area contributed by atoms with Gasteiger partial charge in [0.05, 0.1) is 7.11 Å². The quantitative estimate of drug-likeness (QED) is 0.813. The molecule has 5 heteroatoms. The second-order valence-electron chi connectivity index (χ2n) is 4.50. The third-order valence-corrected chi connectivity index (χ3v) is 4.08. The Bertz CT molecular complexity index is 703. The Kier molecular flexibility index (Phi) is 3.99. The van der Waals surface area contributed by atoms with Crippen LogP contribution >= 0.6 is 0 Å². The Labute approximate surface area is 119 Å². The van der Waals surface area contributed by atoms with Crippen LogP contribution in [0, 0.1) is 13.8 Å². The molecule has 106 valence electrons. The number of rotatable bonds is 4. The van der Waals surface area contributed by atoms with Gasteiger partial charge in [-0.1, -0.05) is 23.8 Å². The van der Waals surface area contributed by atoms with Crippen LogP contribution in [-0.4, -0.2) is 15.5 Å². The zero-order valence-electron chi connectivity index (χ0n) is 11.6. The van der Waals surface area contributed by atoms with Crippen LogP contribution in [0.1, 0.15) is 11.1 Å². The smallest absolute Gasteiger partial charge is 0.339 e. The third kappa shape index (κ3) is 3.11.